The smallest absolute Gasteiger partial charge is 0.366 e. The number of fused-ring (bicyclic) bond motifs is 2. The lowest BCUT2D eigenvalue weighted by molar-refractivity contribution is -0.137. The Kier molecular flexibility index (Phi) is 5.45. The molecule has 2 aromatic heterocycles. The zero-order valence-electron chi connectivity index (χ0n) is 19.5. The van der Waals surface area contributed by atoms with Gasteiger partial charge in [0, 0.05) is 49.2 Å². The number of piperazine rings is 1. The number of rotatable bonds is 4. The van der Waals surface area contributed by atoms with E-state index >= 15 is 0 Å². The van der Waals surface area contributed by atoms with E-state index in [0.717, 1.165) is 59.4 Å². The van der Waals surface area contributed by atoms with Gasteiger partial charge in [0.05, 0.1) is 22.5 Å². The summed E-state index contributed by atoms with van der Waals surface area (Å²) in [5.74, 6) is 0.979. The van der Waals surface area contributed by atoms with Crippen LogP contribution in [0.15, 0.2) is 30.3 Å². The van der Waals surface area contributed by atoms with Crippen molar-refractivity contribution >= 4 is 28.3 Å². The van der Waals surface area contributed by atoms with Crippen molar-refractivity contribution in [2.24, 2.45) is 0 Å². The highest BCUT2D eigenvalue weighted by molar-refractivity contribution is 5.95. The standard InChI is InChI=1S/C25H28F3N5O/c1-14(17-5-4-6-18(11-17)25(26,27)28)30-24-20-12-21(15(2)29-23(20)16(3)31-24)32-9-10-33-19(13-32)7-8-22(33)34/h4-6,11-12,14,19,30-31H,7-10,13H2,1-3H3/t14-,19-/m1/s1. The highest BCUT2D eigenvalue weighted by Gasteiger charge is 2.36. The predicted octanol–water partition coefficient (Wildman–Crippen LogP) is 5.18. The van der Waals surface area contributed by atoms with Gasteiger partial charge in [0.25, 0.3) is 0 Å². The van der Waals surface area contributed by atoms with E-state index in [-0.39, 0.29) is 18.0 Å². The number of aromatic nitrogens is 2. The summed E-state index contributed by atoms with van der Waals surface area (Å²) in [6, 6.07) is 7.40. The van der Waals surface area contributed by atoms with E-state index in [9.17, 15) is 18.0 Å². The molecular formula is C25H28F3N5O. The summed E-state index contributed by atoms with van der Waals surface area (Å²) in [5, 5.41) is 4.26. The lowest BCUT2D eigenvalue weighted by atomic mass is 10.0. The molecule has 6 nitrogen and oxygen atoms in total. The highest BCUT2D eigenvalue weighted by Crippen LogP contribution is 2.36. The fourth-order valence-corrected chi connectivity index (χ4v) is 5.19. The van der Waals surface area contributed by atoms with Crippen LogP contribution in [-0.2, 0) is 11.0 Å². The SMILES string of the molecule is Cc1nc2c(C)[nH]c(N[C@H](C)c3cccc(C(F)(F)F)c3)c2cc1N1CCN2C(=O)CC[C@@H]2C1. The maximum Gasteiger partial charge on any atom is 0.416 e. The third-order valence-corrected chi connectivity index (χ3v) is 7.03. The van der Waals surface area contributed by atoms with E-state index in [1.54, 1.807) is 6.07 Å². The number of alkyl halides is 3. The molecule has 2 saturated heterocycles. The molecule has 2 fully saturated rings. The first-order chi connectivity index (χ1) is 16.1. The lowest BCUT2D eigenvalue weighted by Gasteiger charge is -2.39. The summed E-state index contributed by atoms with van der Waals surface area (Å²) in [6.07, 6.45) is -2.88. The van der Waals surface area contributed by atoms with Crippen molar-refractivity contribution < 1.29 is 18.0 Å². The summed E-state index contributed by atoms with van der Waals surface area (Å²) in [4.78, 5) is 24.5. The van der Waals surface area contributed by atoms with Crippen LogP contribution >= 0.6 is 0 Å². The summed E-state index contributed by atoms with van der Waals surface area (Å²) in [5.41, 5.74) is 3.59. The van der Waals surface area contributed by atoms with Gasteiger partial charge in [-0.3, -0.25) is 4.79 Å². The fourth-order valence-electron chi connectivity index (χ4n) is 5.19. The van der Waals surface area contributed by atoms with Crippen molar-refractivity contribution in [1.29, 1.82) is 0 Å². The Morgan fingerprint density at radius 3 is 2.76 bits per heavy atom. The number of hydrogen-bond acceptors (Lipinski definition) is 4. The minimum atomic E-state index is -4.38. The van der Waals surface area contributed by atoms with Crippen molar-refractivity contribution in [3.63, 3.8) is 0 Å². The Labute approximate surface area is 196 Å². The minimum Gasteiger partial charge on any atom is -0.366 e. The van der Waals surface area contributed by atoms with Crippen LogP contribution in [0.2, 0.25) is 0 Å². The summed E-state index contributed by atoms with van der Waals surface area (Å²) in [7, 11) is 0. The van der Waals surface area contributed by atoms with Gasteiger partial charge in [0.15, 0.2) is 0 Å². The van der Waals surface area contributed by atoms with Crippen LogP contribution in [0, 0.1) is 13.8 Å². The van der Waals surface area contributed by atoms with Crippen molar-refractivity contribution in [3.05, 3.63) is 52.8 Å². The number of halogens is 3. The number of carbonyl (C=O) groups excluding carboxylic acids is 1. The Morgan fingerprint density at radius 2 is 2.00 bits per heavy atom. The van der Waals surface area contributed by atoms with Gasteiger partial charge in [0.1, 0.15) is 5.82 Å². The number of benzene rings is 1. The number of aromatic amines is 1. The Bertz CT molecular complexity index is 1250. The summed E-state index contributed by atoms with van der Waals surface area (Å²) >= 11 is 0. The zero-order chi connectivity index (χ0) is 24.2. The molecule has 34 heavy (non-hydrogen) atoms. The molecule has 4 heterocycles. The van der Waals surface area contributed by atoms with Gasteiger partial charge < -0.3 is 20.1 Å². The van der Waals surface area contributed by atoms with Crippen LogP contribution in [-0.4, -0.2) is 46.5 Å². The van der Waals surface area contributed by atoms with Crippen LogP contribution in [0.25, 0.3) is 10.9 Å². The Hall–Kier alpha value is -3.23. The molecule has 0 aliphatic carbocycles. The maximum atomic E-state index is 13.2. The molecule has 5 rings (SSSR count). The van der Waals surface area contributed by atoms with E-state index in [1.165, 1.54) is 12.1 Å². The van der Waals surface area contributed by atoms with Crippen LogP contribution in [0.3, 0.4) is 0 Å². The van der Waals surface area contributed by atoms with E-state index in [4.69, 9.17) is 4.98 Å². The molecule has 180 valence electrons. The first kappa shape index (κ1) is 22.6. The second kappa shape index (κ2) is 8.21. The van der Waals surface area contributed by atoms with Crippen LogP contribution in [0.5, 0.6) is 0 Å². The molecule has 3 aromatic rings. The number of aryl methyl sites for hydroxylation is 2. The molecule has 2 aliphatic heterocycles. The van der Waals surface area contributed by atoms with Crippen LogP contribution in [0.1, 0.15) is 48.3 Å². The molecule has 0 spiro atoms. The largest absolute Gasteiger partial charge is 0.416 e. The van der Waals surface area contributed by atoms with Gasteiger partial charge in [-0.25, -0.2) is 4.98 Å². The van der Waals surface area contributed by atoms with Gasteiger partial charge in [-0.05, 0) is 51.0 Å². The third kappa shape index (κ3) is 3.97. The van der Waals surface area contributed by atoms with E-state index in [0.29, 0.717) is 18.5 Å². The van der Waals surface area contributed by atoms with E-state index < -0.39 is 11.7 Å². The van der Waals surface area contributed by atoms with Crippen molar-refractivity contribution in [3.8, 4) is 0 Å². The minimum absolute atomic E-state index is 0.239. The average molecular weight is 472 g/mol. The summed E-state index contributed by atoms with van der Waals surface area (Å²) < 4.78 is 39.5. The number of pyridine rings is 1. The van der Waals surface area contributed by atoms with Gasteiger partial charge in [-0.1, -0.05) is 12.1 Å². The first-order valence-electron chi connectivity index (χ1n) is 11.6. The number of nitrogens with one attached hydrogen (secondary N) is 2. The molecule has 0 bridgehead atoms. The normalized spacial score (nSPS) is 19.6. The number of anilines is 2. The van der Waals surface area contributed by atoms with E-state index in [2.05, 4.69) is 21.3 Å². The molecule has 0 unspecified atom stereocenters. The van der Waals surface area contributed by atoms with E-state index in [1.807, 2.05) is 25.7 Å². The van der Waals surface area contributed by atoms with Gasteiger partial charge in [-0.2, -0.15) is 13.2 Å². The number of H-pyrrole nitrogens is 1. The van der Waals surface area contributed by atoms with Gasteiger partial charge in [0.2, 0.25) is 5.91 Å². The van der Waals surface area contributed by atoms with Crippen LogP contribution < -0.4 is 10.2 Å². The average Bonchev–Trinajstić information content (AvgIpc) is 3.31. The third-order valence-electron chi connectivity index (χ3n) is 7.03. The molecule has 2 N–H and O–H groups in total. The highest BCUT2D eigenvalue weighted by atomic mass is 19.4. The first-order valence-corrected chi connectivity index (χ1v) is 11.6. The Morgan fingerprint density at radius 1 is 1.21 bits per heavy atom. The molecule has 2 aliphatic rings. The number of carbonyl (C=O) groups is 1. The quantitative estimate of drug-likeness (QED) is 0.550. The van der Waals surface area contributed by atoms with Gasteiger partial charge in [-0.15, -0.1) is 0 Å². The number of amides is 1. The molecule has 0 radical (unpaired) electrons. The second-order valence-electron chi connectivity index (χ2n) is 9.33. The lowest BCUT2D eigenvalue weighted by Crippen LogP contribution is -2.51. The van der Waals surface area contributed by atoms with Crippen LogP contribution in [0.4, 0.5) is 24.7 Å². The topological polar surface area (TPSA) is 64.3 Å². The molecule has 0 saturated carbocycles. The van der Waals surface area contributed by atoms with Crippen molar-refractivity contribution in [2.45, 2.75) is 51.9 Å². The molecule has 1 aromatic carbocycles. The second-order valence-corrected chi connectivity index (χ2v) is 9.33. The number of nitrogens with zero attached hydrogens (tertiary/aromatic N) is 3. The molecule has 1 amide bonds. The van der Waals surface area contributed by atoms with Gasteiger partial charge >= 0.3 is 6.18 Å². The van der Waals surface area contributed by atoms with Crippen molar-refractivity contribution in [2.75, 3.05) is 29.9 Å². The fraction of sp³-hybridized carbons (Fsp3) is 0.440. The molecular weight excluding hydrogens is 443 g/mol. The zero-order valence-corrected chi connectivity index (χ0v) is 19.5. The monoisotopic (exact) mass is 471 g/mol. The number of hydrogen-bond donors (Lipinski definition) is 2. The predicted molar refractivity (Wildman–Crippen MR) is 126 cm³/mol. The summed E-state index contributed by atoms with van der Waals surface area (Å²) in [6.45, 7) is 8.03. The Balaban J connectivity index is 1.44. The molecule has 9 heteroatoms. The van der Waals surface area contributed by atoms with Crippen molar-refractivity contribution in [1.82, 2.24) is 14.9 Å². The maximum absolute atomic E-state index is 13.2. The molecule has 2 atom stereocenters.